The molecule has 0 fully saturated rings. The van der Waals surface area contributed by atoms with Crippen molar-refractivity contribution in [3.8, 4) is 11.5 Å². The minimum atomic E-state index is -1.42. The van der Waals surface area contributed by atoms with Crippen LogP contribution in [0.3, 0.4) is 0 Å². The Balaban J connectivity index is 2.09. The number of hydrogen-bond acceptors (Lipinski definition) is 10. The molecule has 2 rings (SSSR count). The van der Waals surface area contributed by atoms with E-state index in [1.165, 1.54) is 19.1 Å². The third-order valence-corrected chi connectivity index (χ3v) is 4.06. The first kappa shape index (κ1) is 22.8. The molecule has 0 saturated carbocycles. The molecule has 0 bridgehead atoms. The van der Waals surface area contributed by atoms with Gasteiger partial charge in [0.15, 0.2) is 5.75 Å². The van der Waals surface area contributed by atoms with E-state index in [-0.39, 0.29) is 23.8 Å². The number of aliphatic hydroxyl groups excluding tert-OH is 4. The topological polar surface area (TPSA) is 155 Å². The zero-order chi connectivity index (χ0) is 21.6. The van der Waals surface area contributed by atoms with Gasteiger partial charge < -0.3 is 40.0 Å². The first-order chi connectivity index (χ1) is 13.8. The van der Waals surface area contributed by atoms with Gasteiger partial charge in [-0.05, 0) is 38.1 Å². The van der Waals surface area contributed by atoms with Crippen molar-refractivity contribution >= 4 is 11.4 Å². The number of benzene rings is 1. The monoisotopic (exact) mass is 411 g/mol. The molecular weight excluding hydrogens is 386 g/mol. The SMILES string of the molecule is CCOc1c(Nc2ccc(OC(OC(CO)C(C)O)C(O)CO)cc2)c(=O)c1=O. The minimum absolute atomic E-state index is 0.00877. The summed E-state index contributed by atoms with van der Waals surface area (Å²) in [5.74, 6) is 0.246. The maximum Gasteiger partial charge on any atom is 0.272 e. The van der Waals surface area contributed by atoms with Gasteiger partial charge in [0.05, 0.1) is 25.9 Å². The van der Waals surface area contributed by atoms with E-state index in [0.29, 0.717) is 5.69 Å². The Hall–Kier alpha value is -2.50. The van der Waals surface area contributed by atoms with Gasteiger partial charge in [-0.25, -0.2) is 0 Å². The van der Waals surface area contributed by atoms with Gasteiger partial charge in [-0.2, -0.15) is 0 Å². The van der Waals surface area contributed by atoms with Crippen LogP contribution in [-0.4, -0.2) is 64.8 Å². The summed E-state index contributed by atoms with van der Waals surface area (Å²) in [5.41, 5.74) is -0.779. The zero-order valence-corrected chi connectivity index (χ0v) is 16.1. The van der Waals surface area contributed by atoms with E-state index in [1.54, 1.807) is 19.1 Å². The van der Waals surface area contributed by atoms with Crippen molar-refractivity contribution in [3.63, 3.8) is 0 Å². The maximum atomic E-state index is 11.7. The van der Waals surface area contributed by atoms with Gasteiger partial charge in [-0.1, -0.05) is 0 Å². The van der Waals surface area contributed by atoms with Gasteiger partial charge in [0, 0.05) is 5.69 Å². The molecule has 160 valence electrons. The highest BCUT2D eigenvalue weighted by molar-refractivity contribution is 5.70. The molecule has 0 saturated heterocycles. The lowest BCUT2D eigenvalue weighted by Gasteiger charge is -2.28. The Labute approximate surface area is 166 Å². The average molecular weight is 411 g/mol. The van der Waals surface area contributed by atoms with E-state index in [1.807, 2.05) is 0 Å². The first-order valence-electron chi connectivity index (χ1n) is 9.05. The van der Waals surface area contributed by atoms with Crippen LogP contribution in [-0.2, 0) is 4.74 Å². The van der Waals surface area contributed by atoms with E-state index in [4.69, 9.17) is 14.2 Å². The van der Waals surface area contributed by atoms with Gasteiger partial charge in [0.2, 0.25) is 6.29 Å². The van der Waals surface area contributed by atoms with Crippen molar-refractivity contribution in [2.45, 2.75) is 38.4 Å². The molecule has 10 heteroatoms. The number of hydrogen-bond donors (Lipinski definition) is 5. The molecular formula is C19H25NO9. The summed E-state index contributed by atoms with van der Waals surface area (Å²) in [5, 5.41) is 40.7. The maximum absolute atomic E-state index is 11.7. The average Bonchev–Trinajstić information content (AvgIpc) is 2.73. The van der Waals surface area contributed by atoms with Crippen molar-refractivity contribution in [3.05, 3.63) is 44.7 Å². The van der Waals surface area contributed by atoms with Gasteiger partial charge in [0.1, 0.15) is 23.6 Å². The van der Waals surface area contributed by atoms with E-state index < -0.39 is 48.7 Å². The standard InChI is InChI=1S/C19H25NO9/c1-3-27-18-15(16(25)17(18)26)20-11-4-6-12(7-5-11)28-19(13(24)8-21)29-14(9-22)10(2)23/h4-7,10,13-14,19-24H,3,8-9H2,1-2H3. The molecule has 29 heavy (non-hydrogen) atoms. The fourth-order valence-corrected chi connectivity index (χ4v) is 2.43. The summed E-state index contributed by atoms with van der Waals surface area (Å²) in [7, 11) is 0. The van der Waals surface area contributed by atoms with Crippen molar-refractivity contribution in [2.24, 2.45) is 0 Å². The second-order valence-corrected chi connectivity index (χ2v) is 6.28. The van der Waals surface area contributed by atoms with E-state index in [2.05, 4.69) is 5.32 Å². The summed E-state index contributed by atoms with van der Waals surface area (Å²) in [4.78, 5) is 23.2. The smallest absolute Gasteiger partial charge is 0.272 e. The van der Waals surface area contributed by atoms with Crippen molar-refractivity contribution in [1.82, 2.24) is 0 Å². The van der Waals surface area contributed by atoms with Crippen LogP contribution >= 0.6 is 0 Å². The van der Waals surface area contributed by atoms with Crippen molar-refractivity contribution < 1.29 is 34.6 Å². The summed E-state index contributed by atoms with van der Waals surface area (Å²) in [6, 6.07) is 6.13. The lowest BCUT2D eigenvalue weighted by molar-refractivity contribution is -0.205. The Bertz CT molecular complexity index is 842. The molecule has 0 aliphatic carbocycles. The molecule has 0 amide bonds. The van der Waals surface area contributed by atoms with Gasteiger partial charge in [-0.15, -0.1) is 0 Å². The van der Waals surface area contributed by atoms with Crippen molar-refractivity contribution in [1.29, 1.82) is 0 Å². The number of anilines is 2. The van der Waals surface area contributed by atoms with Crippen LogP contribution in [0.15, 0.2) is 33.9 Å². The zero-order valence-electron chi connectivity index (χ0n) is 16.1. The van der Waals surface area contributed by atoms with E-state index >= 15 is 0 Å². The largest absolute Gasteiger partial charge is 0.488 e. The Morgan fingerprint density at radius 2 is 1.69 bits per heavy atom. The number of aliphatic hydroxyl groups is 4. The molecule has 2 aromatic rings. The molecule has 0 aromatic heterocycles. The van der Waals surface area contributed by atoms with Crippen LogP contribution in [0, 0.1) is 0 Å². The van der Waals surface area contributed by atoms with E-state index in [0.717, 1.165) is 0 Å². The molecule has 0 aliphatic heterocycles. The van der Waals surface area contributed by atoms with Crippen LogP contribution in [0.2, 0.25) is 0 Å². The molecule has 0 spiro atoms. The third-order valence-electron chi connectivity index (χ3n) is 4.06. The molecule has 0 heterocycles. The fourth-order valence-electron chi connectivity index (χ4n) is 2.43. The predicted octanol–water partition coefficient (Wildman–Crippen LogP) is -0.759. The molecule has 4 atom stereocenters. The van der Waals surface area contributed by atoms with Crippen LogP contribution in [0.5, 0.6) is 11.5 Å². The minimum Gasteiger partial charge on any atom is -0.488 e. The summed E-state index contributed by atoms with van der Waals surface area (Å²) < 4.78 is 16.0. The molecule has 4 unspecified atom stereocenters. The quantitative estimate of drug-likeness (QED) is 0.222. The van der Waals surface area contributed by atoms with Gasteiger partial charge >= 0.3 is 0 Å². The van der Waals surface area contributed by atoms with Gasteiger partial charge in [-0.3, -0.25) is 9.59 Å². The normalized spacial score (nSPS) is 15.5. The fraction of sp³-hybridized carbons (Fsp3) is 0.474. The van der Waals surface area contributed by atoms with E-state index in [9.17, 15) is 30.0 Å². The lowest BCUT2D eigenvalue weighted by Crippen LogP contribution is -2.43. The predicted molar refractivity (Wildman–Crippen MR) is 103 cm³/mol. The Morgan fingerprint density at radius 1 is 1.03 bits per heavy atom. The molecule has 0 radical (unpaired) electrons. The number of ether oxygens (including phenoxy) is 3. The van der Waals surface area contributed by atoms with Crippen LogP contribution in [0.25, 0.3) is 0 Å². The highest BCUT2D eigenvalue weighted by Gasteiger charge is 2.27. The Kier molecular flexibility index (Phi) is 8.11. The van der Waals surface area contributed by atoms with Crippen molar-refractivity contribution in [2.75, 3.05) is 25.1 Å². The highest BCUT2D eigenvalue weighted by Crippen LogP contribution is 2.25. The molecule has 2 aromatic carbocycles. The van der Waals surface area contributed by atoms with Crippen LogP contribution in [0.4, 0.5) is 11.4 Å². The van der Waals surface area contributed by atoms with Crippen LogP contribution < -0.4 is 25.6 Å². The second kappa shape index (κ2) is 10.3. The van der Waals surface area contributed by atoms with Gasteiger partial charge in [0.25, 0.3) is 10.9 Å². The summed E-state index contributed by atoms with van der Waals surface area (Å²) >= 11 is 0. The lowest BCUT2D eigenvalue weighted by atomic mass is 10.2. The number of rotatable bonds is 12. The number of nitrogens with one attached hydrogen (secondary N) is 1. The highest BCUT2D eigenvalue weighted by atomic mass is 16.7. The molecule has 10 nitrogen and oxygen atoms in total. The summed E-state index contributed by atoms with van der Waals surface area (Å²) in [6.07, 6.45) is -4.81. The van der Waals surface area contributed by atoms with Crippen LogP contribution in [0.1, 0.15) is 13.8 Å². The third kappa shape index (κ3) is 5.52. The molecule has 0 aliphatic rings. The first-order valence-corrected chi connectivity index (χ1v) is 9.05. The second-order valence-electron chi connectivity index (χ2n) is 6.28. The Morgan fingerprint density at radius 3 is 2.21 bits per heavy atom. The molecule has 5 N–H and O–H groups in total. The summed E-state index contributed by atoms with van der Waals surface area (Å²) in [6.45, 7) is 2.18.